The number of rotatable bonds is 7. The highest BCUT2D eigenvalue weighted by atomic mass is 31.2. The lowest BCUT2D eigenvalue weighted by Crippen LogP contribution is -2.12. The SMILES string of the molecule is CCOC(=O)/C(=C\c1ccc(F)cc1)CP(=O)(OC)OC. The zero-order valence-corrected chi connectivity index (χ0v) is 13.1. The van der Waals surface area contributed by atoms with Crippen LogP contribution in [-0.4, -0.2) is 33.0 Å². The summed E-state index contributed by atoms with van der Waals surface area (Å²) in [6.07, 6.45) is 1.25. The maximum Gasteiger partial charge on any atom is 0.334 e. The third-order valence-electron chi connectivity index (χ3n) is 2.67. The lowest BCUT2D eigenvalue weighted by atomic mass is 10.1. The molecule has 0 heterocycles. The Morgan fingerprint density at radius 1 is 1.24 bits per heavy atom. The van der Waals surface area contributed by atoms with Crippen molar-refractivity contribution in [3.05, 3.63) is 41.2 Å². The summed E-state index contributed by atoms with van der Waals surface area (Å²) in [7, 11) is -0.922. The van der Waals surface area contributed by atoms with Crippen molar-refractivity contribution in [1.82, 2.24) is 0 Å². The normalized spacial score (nSPS) is 12.3. The van der Waals surface area contributed by atoms with Crippen LogP contribution in [0.5, 0.6) is 0 Å². The molecule has 0 aliphatic rings. The molecule has 1 aromatic rings. The van der Waals surface area contributed by atoms with Crippen LogP contribution in [0.3, 0.4) is 0 Å². The van der Waals surface area contributed by atoms with Gasteiger partial charge in [-0.2, -0.15) is 0 Å². The molecule has 0 atom stereocenters. The fourth-order valence-corrected chi connectivity index (χ4v) is 2.61. The molecule has 0 radical (unpaired) electrons. The monoisotopic (exact) mass is 316 g/mol. The van der Waals surface area contributed by atoms with Crippen LogP contribution in [0.4, 0.5) is 4.39 Å². The Morgan fingerprint density at radius 3 is 2.29 bits per heavy atom. The van der Waals surface area contributed by atoms with Crippen LogP contribution < -0.4 is 0 Å². The topological polar surface area (TPSA) is 61.8 Å². The summed E-state index contributed by atoms with van der Waals surface area (Å²) < 4.78 is 39.6. The average molecular weight is 316 g/mol. The molecule has 0 saturated carbocycles. The van der Waals surface area contributed by atoms with E-state index in [-0.39, 0.29) is 24.2 Å². The van der Waals surface area contributed by atoms with Gasteiger partial charge in [-0.3, -0.25) is 4.57 Å². The molecule has 0 spiro atoms. The van der Waals surface area contributed by atoms with Crippen molar-refractivity contribution < 1.29 is 27.5 Å². The van der Waals surface area contributed by atoms with Crippen molar-refractivity contribution in [2.24, 2.45) is 0 Å². The van der Waals surface area contributed by atoms with Gasteiger partial charge in [0.2, 0.25) is 0 Å². The molecule has 0 aromatic heterocycles. The first kappa shape index (κ1) is 17.6. The maximum atomic E-state index is 12.9. The first-order valence-electron chi connectivity index (χ1n) is 6.28. The number of halogens is 1. The molecule has 5 nitrogen and oxygen atoms in total. The van der Waals surface area contributed by atoms with Crippen molar-refractivity contribution in [2.45, 2.75) is 6.92 Å². The second kappa shape index (κ2) is 8.08. The van der Waals surface area contributed by atoms with Gasteiger partial charge in [0.15, 0.2) is 0 Å². The fourth-order valence-electron chi connectivity index (χ4n) is 1.57. The van der Waals surface area contributed by atoms with E-state index in [1.807, 2.05) is 0 Å². The summed E-state index contributed by atoms with van der Waals surface area (Å²) in [6.45, 7) is 1.85. The standard InChI is InChI=1S/C14H18FO5P/c1-4-20-14(16)12(10-21(17,18-2)19-3)9-11-5-7-13(15)8-6-11/h5-9H,4,10H2,1-3H3/b12-9-. The van der Waals surface area contributed by atoms with E-state index in [0.29, 0.717) is 5.56 Å². The van der Waals surface area contributed by atoms with Gasteiger partial charge in [0.25, 0.3) is 0 Å². The van der Waals surface area contributed by atoms with Crippen LogP contribution in [0.25, 0.3) is 6.08 Å². The van der Waals surface area contributed by atoms with E-state index in [4.69, 9.17) is 13.8 Å². The molecule has 0 N–H and O–H groups in total. The second-order valence-electron chi connectivity index (χ2n) is 4.08. The van der Waals surface area contributed by atoms with Crippen LogP contribution in [-0.2, 0) is 23.1 Å². The van der Waals surface area contributed by atoms with E-state index in [1.54, 1.807) is 6.92 Å². The van der Waals surface area contributed by atoms with Gasteiger partial charge in [-0.25, -0.2) is 9.18 Å². The van der Waals surface area contributed by atoms with Crippen molar-refractivity contribution >= 4 is 19.6 Å². The van der Waals surface area contributed by atoms with Crippen LogP contribution in [0.1, 0.15) is 12.5 Å². The number of carbonyl (C=O) groups is 1. The van der Waals surface area contributed by atoms with Gasteiger partial charge in [-0.05, 0) is 30.7 Å². The lowest BCUT2D eigenvalue weighted by molar-refractivity contribution is -0.138. The smallest absolute Gasteiger partial charge is 0.334 e. The predicted molar refractivity (Wildman–Crippen MR) is 77.5 cm³/mol. The summed E-state index contributed by atoms with van der Waals surface area (Å²) in [6, 6.07) is 5.53. The quantitative estimate of drug-likeness (QED) is 0.439. The van der Waals surface area contributed by atoms with Crippen LogP contribution in [0, 0.1) is 5.82 Å². The lowest BCUT2D eigenvalue weighted by Gasteiger charge is -2.15. The molecule has 0 aliphatic carbocycles. The number of hydrogen-bond acceptors (Lipinski definition) is 5. The van der Waals surface area contributed by atoms with E-state index >= 15 is 0 Å². The molecule has 21 heavy (non-hydrogen) atoms. The Balaban J connectivity index is 3.10. The minimum Gasteiger partial charge on any atom is -0.463 e. The van der Waals surface area contributed by atoms with Gasteiger partial charge in [-0.1, -0.05) is 12.1 Å². The maximum absolute atomic E-state index is 12.9. The average Bonchev–Trinajstić information content (AvgIpc) is 2.49. The van der Waals surface area contributed by atoms with Gasteiger partial charge in [0.1, 0.15) is 5.82 Å². The summed E-state index contributed by atoms with van der Waals surface area (Å²) in [4.78, 5) is 11.9. The fraction of sp³-hybridized carbons (Fsp3) is 0.357. The molecule has 1 aromatic carbocycles. The third-order valence-corrected chi connectivity index (χ3v) is 4.51. The number of esters is 1. The summed E-state index contributed by atoms with van der Waals surface area (Å²) in [5, 5.41) is 0. The third kappa shape index (κ3) is 5.42. The van der Waals surface area contributed by atoms with E-state index in [9.17, 15) is 13.8 Å². The second-order valence-corrected chi connectivity index (χ2v) is 6.34. The summed E-state index contributed by atoms with van der Waals surface area (Å²) >= 11 is 0. The van der Waals surface area contributed by atoms with E-state index in [0.717, 1.165) is 0 Å². The molecule has 0 saturated heterocycles. The molecule has 7 heteroatoms. The first-order valence-corrected chi connectivity index (χ1v) is 8.00. The minimum atomic E-state index is -3.40. The minimum absolute atomic E-state index is 0.135. The number of hydrogen-bond donors (Lipinski definition) is 0. The van der Waals surface area contributed by atoms with Crippen LogP contribution >= 0.6 is 7.60 Å². The Labute approximate surface area is 123 Å². The Hall–Kier alpha value is -1.49. The Morgan fingerprint density at radius 2 is 1.81 bits per heavy atom. The first-order chi connectivity index (χ1) is 9.94. The molecule has 0 fully saturated rings. The highest BCUT2D eigenvalue weighted by Crippen LogP contribution is 2.48. The Bertz CT molecular complexity index is 545. The van der Waals surface area contributed by atoms with Gasteiger partial charge in [0, 0.05) is 19.8 Å². The number of carbonyl (C=O) groups excluding carboxylic acids is 1. The molecule has 0 amide bonds. The molecule has 0 bridgehead atoms. The zero-order chi connectivity index (χ0) is 15.9. The van der Waals surface area contributed by atoms with E-state index in [2.05, 4.69) is 0 Å². The zero-order valence-electron chi connectivity index (χ0n) is 12.2. The van der Waals surface area contributed by atoms with Gasteiger partial charge in [0.05, 0.1) is 12.8 Å². The summed E-state index contributed by atoms with van der Waals surface area (Å²) in [5.41, 5.74) is 0.716. The largest absolute Gasteiger partial charge is 0.463 e. The van der Waals surface area contributed by atoms with Gasteiger partial charge in [-0.15, -0.1) is 0 Å². The van der Waals surface area contributed by atoms with E-state index in [1.165, 1.54) is 44.6 Å². The predicted octanol–water partition coefficient (Wildman–Crippen LogP) is 3.26. The molecule has 0 aliphatic heterocycles. The van der Waals surface area contributed by atoms with Gasteiger partial charge < -0.3 is 13.8 Å². The highest BCUT2D eigenvalue weighted by Gasteiger charge is 2.27. The van der Waals surface area contributed by atoms with Gasteiger partial charge >= 0.3 is 13.6 Å². The van der Waals surface area contributed by atoms with Crippen LogP contribution in [0.2, 0.25) is 0 Å². The van der Waals surface area contributed by atoms with Crippen molar-refractivity contribution in [1.29, 1.82) is 0 Å². The molecule has 116 valence electrons. The molecule has 0 unspecified atom stereocenters. The van der Waals surface area contributed by atoms with Crippen molar-refractivity contribution in [3.63, 3.8) is 0 Å². The van der Waals surface area contributed by atoms with E-state index < -0.39 is 13.6 Å². The van der Waals surface area contributed by atoms with Crippen molar-refractivity contribution in [3.8, 4) is 0 Å². The summed E-state index contributed by atoms with van der Waals surface area (Å²) in [5.74, 6) is -1.000. The Kier molecular flexibility index (Phi) is 6.75. The number of ether oxygens (including phenoxy) is 1. The van der Waals surface area contributed by atoms with Crippen molar-refractivity contribution in [2.75, 3.05) is 27.0 Å². The van der Waals surface area contributed by atoms with Crippen LogP contribution in [0.15, 0.2) is 29.8 Å². The molecule has 1 rings (SSSR count). The molecular weight excluding hydrogens is 298 g/mol. The molecular formula is C14H18FO5P. The highest BCUT2D eigenvalue weighted by molar-refractivity contribution is 7.54. The number of benzene rings is 1.